The van der Waals surface area contributed by atoms with E-state index in [-0.39, 0.29) is 23.8 Å². The number of hydrogen-bond acceptors (Lipinski definition) is 6. The maximum absolute atomic E-state index is 13.8. The minimum Gasteiger partial charge on any atom is -0.463 e. The van der Waals surface area contributed by atoms with Crippen molar-refractivity contribution in [3.8, 4) is 0 Å². The highest BCUT2D eigenvalue weighted by atomic mass is 16.5. The van der Waals surface area contributed by atoms with Crippen LogP contribution in [0.5, 0.6) is 0 Å². The third-order valence-corrected chi connectivity index (χ3v) is 12.5. The molecule has 3 aromatic heterocycles. The van der Waals surface area contributed by atoms with Crippen LogP contribution in [0.25, 0.3) is 34.2 Å². The standard InChI is InChI=1S/C42H50N4O4/c1-11-25-21(7)35-27-17-29(39(47)49-15-5)42(14-4)24(10)32(46-37(27)42)20-34-26(12-2)22(8)36(44-34)28-18-30(40(48)50-16-6)41(13-3)23(9)31(45-38(28)41)19-33(25)43-35/h17-20,23-24,43-44H,11-16H2,1-10H3/t23-,24+,41-,42+. The zero-order valence-corrected chi connectivity index (χ0v) is 31.2. The third kappa shape index (κ3) is 4.29. The van der Waals surface area contributed by atoms with Crippen molar-refractivity contribution in [2.45, 2.75) is 118 Å². The smallest absolute Gasteiger partial charge is 0.335 e. The Bertz CT molecular complexity index is 2040. The number of aromatic amines is 2. The molecule has 4 aliphatic rings. The molecular weight excluding hydrogens is 624 g/mol. The van der Waals surface area contributed by atoms with E-state index in [2.05, 4.69) is 77.5 Å². The molecule has 3 aromatic rings. The normalized spacial score (nSPS) is 23.2. The fourth-order valence-corrected chi connectivity index (χ4v) is 9.80. The van der Waals surface area contributed by atoms with E-state index in [0.717, 1.165) is 79.9 Å². The van der Waals surface area contributed by atoms with Crippen LogP contribution in [0, 0.1) is 13.8 Å². The topological polar surface area (TPSA) is 110 Å². The molecule has 2 N–H and O–H groups in total. The molecule has 0 spiro atoms. The van der Waals surface area contributed by atoms with Crippen molar-refractivity contribution < 1.29 is 19.1 Å². The number of nitrogens with one attached hydrogen (secondary N) is 2. The zero-order chi connectivity index (χ0) is 35.9. The van der Waals surface area contributed by atoms with Gasteiger partial charge in [0.15, 0.2) is 0 Å². The molecule has 2 aliphatic heterocycles. The molecule has 8 nitrogen and oxygen atoms in total. The van der Waals surface area contributed by atoms with E-state index in [4.69, 9.17) is 19.4 Å². The number of aryl methyl sites for hydroxylation is 4. The molecule has 0 amide bonds. The van der Waals surface area contributed by atoms with E-state index in [0.29, 0.717) is 37.2 Å². The van der Waals surface area contributed by atoms with Crippen LogP contribution in [0.3, 0.4) is 0 Å². The Kier molecular flexibility index (Phi) is 8.23. The van der Waals surface area contributed by atoms with Gasteiger partial charge in [-0.1, -0.05) is 41.5 Å². The molecule has 8 heteroatoms. The molecule has 262 valence electrons. The predicted octanol–water partition coefficient (Wildman–Crippen LogP) is 8.88. The molecule has 0 saturated heterocycles. The van der Waals surface area contributed by atoms with Crippen LogP contribution in [-0.2, 0) is 42.7 Å². The van der Waals surface area contributed by atoms with Gasteiger partial charge in [-0.25, -0.2) is 9.59 Å². The number of H-pyrrole nitrogens is 2. The molecule has 0 unspecified atom stereocenters. The lowest BCUT2D eigenvalue weighted by molar-refractivity contribution is -0.140. The maximum Gasteiger partial charge on any atom is 0.335 e. The summed E-state index contributed by atoms with van der Waals surface area (Å²) in [6.45, 7) is 21.7. The van der Waals surface area contributed by atoms with E-state index in [1.807, 2.05) is 26.0 Å². The number of hydrogen-bond donors (Lipinski definition) is 2. The number of aromatic nitrogens is 4. The molecule has 8 bridgehead atoms. The summed E-state index contributed by atoms with van der Waals surface area (Å²) in [6.07, 6.45) is 7.11. The fraction of sp³-hybridized carbons (Fsp3) is 0.476. The van der Waals surface area contributed by atoms with Crippen LogP contribution in [-0.4, -0.2) is 45.1 Å². The van der Waals surface area contributed by atoms with Crippen molar-refractivity contribution >= 4 is 46.2 Å². The lowest BCUT2D eigenvalue weighted by Gasteiger charge is -2.31. The summed E-state index contributed by atoms with van der Waals surface area (Å²) in [5.74, 6) is -0.711. The monoisotopic (exact) mass is 674 g/mol. The summed E-state index contributed by atoms with van der Waals surface area (Å²) in [7, 11) is 0. The summed E-state index contributed by atoms with van der Waals surface area (Å²) in [5, 5.41) is 0. The molecule has 2 aliphatic carbocycles. The van der Waals surface area contributed by atoms with Gasteiger partial charge in [0.2, 0.25) is 0 Å². The van der Waals surface area contributed by atoms with Crippen LogP contribution < -0.4 is 0 Å². The molecule has 4 atom stereocenters. The first-order valence-electron chi connectivity index (χ1n) is 18.6. The Morgan fingerprint density at radius 2 is 1.06 bits per heavy atom. The van der Waals surface area contributed by atoms with E-state index < -0.39 is 10.8 Å². The summed E-state index contributed by atoms with van der Waals surface area (Å²) < 4.78 is 11.4. The second-order valence-corrected chi connectivity index (χ2v) is 14.3. The molecule has 0 fully saturated rings. The SMILES string of the molecule is CCOC(=O)C1=Cc2c3nc(cc4[nH]c(c(C)c4CC)c4c5nc(cc6[nH]c2c(C)c6CC)[C@@H](C)[C@]5(CC)C(C(=O)OCC)=C4)[C@H](C)[C@@]13CC. The highest BCUT2D eigenvalue weighted by Gasteiger charge is 2.55. The average Bonchev–Trinajstić information content (AvgIpc) is 3.89. The second-order valence-electron chi connectivity index (χ2n) is 14.3. The van der Waals surface area contributed by atoms with Gasteiger partial charge in [0.05, 0.1) is 57.6 Å². The Hall–Kier alpha value is -4.46. The molecule has 0 aromatic carbocycles. The highest BCUT2D eigenvalue weighted by molar-refractivity contribution is 6.04. The van der Waals surface area contributed by atoms with Crippen molar-refractivity contribution in [1.82, 2.24) is 19.9 Å². The van der Waals surface area contributed by atoms with Gasteiger partial charge in [-0.05, 0) is 99.9 Å². The Balaban J connectivity index is 1.69. The molecule has 50 heavy (non-hydrogen) atoms. The average molecular weight is 675 g/mol. The number of ether oxygens (including phenoxy) is 2. The van der Waals surface area contributed by atoms with Crippen LogP contribution >= 0.6 is 0 Å². The van der Waals surface area contributed by atoms with Gasteiger partial charge < -0.3 is 19.4 Å². The maximum atomic E-state index is 13.8. The summed E-state index contributed by atoms with van der Waals surface area (Å²) in [4.78, 5) is 46.0. The van der Waals surface area contributed by atoms with Crippen molar-refractivity contribution in [1.29, 1.82) is 0 Å². The van der Waals surface area contributed by atoms with Gasteiger partial charge in [-0.2, -0.15) is 0 Å². The number of fused-ring (bicyclic) bond motifs is 8. The van der Waals surface area contributed by atoms with Crippen LogP contribution in [0.4, 0.5) is 0 Å². The van der Waals surface area contributed by atoms with Gasteiger partial charge >= 0.3 is 11.9 Å². The van der Waals surface area contributed by atoms with Gasteiger partial charge in [0.25, 0.3) is 0 Å². The molecule has 5 heterocycles. The highest BCUT2D eigenvalue weighted by Crippen LogP contribution is 2.58. The number of carbonyl (C=O) groups is 2. The van der Waals surface area contributed by atoms with E-state index in [1.165, 1.54) is 11.1 Å². The lowest BCUT2D eigenvalue weighted by Crippen LogP contribution is -2.33. The van der Waals surface area contributed by atoms with Crippen molar-refractivity contribution in [3.63, 3.8) is 0 Å². The number of esters is 2. The summed E-state index contributed by atoms with van der Waals surface area (Å²) in [5.41, 5.74) is 14.3. The fourth-order valence-electron chi connectivity index (χ4n) is 9.80. The van der Waals surface area contributed by atoms with E-state index in [1.54, 1.807) is 0 Å². The Morgan fingerprint density at radius 3 is 1.38 bits per heavy atom. The van der Waals surface area contributed by atoms with E-state index in [9.17, 15) is 9.59 Å². The van der Waals surface area contributed by atoms with E-state index >= 15 is 0 Å². The van der Waals surface area contributed by atoms with Crippen molar-refractivity contribution in [2.24, 2.45) is 0 Å². The van der Waals surface area contributed by atoms with Crippen LogP contribution in [0.2, 0.25) is 0 Å². The minimum atomic E-state index is -0.613. The first-order valence-corrected chi connectivity index (χ1v) is 18.6. The van der Waals surface area contributed by atoms with Gasteiger partial charge in [0.1, 0.15) is 0 Å². The number of rotatable bonds is 8. The largest absolute Gasteiger partial charge is 0.463 e. The minimum absolute atomic E-state index is 0.0750. The molecule has 0 radical (unpaired) electrons. The van der Waals surface area contributed by atoms with Gasteiger partial charge in [0, 0.05) is 45.4 Å². The third-order valence-electron chi connectivity index (χ3n) is 12.5. The number of nitrogens with zero attached hydrogens (tertiary/aromatic N) is 2. The van der Waals surface area contributed by atoms with Crippen molar-refractivity contribution in [3.05, 3.63) is 79.4 Å². The molecular formula is C42H50N4O4. The van der Waals surface area contributed by atoms with Crippen molar-refractivity contribution in [2.75, 3.05) is 13.2 Å². The summed E-state index contributed by atoms with van der Waals surface area (Å²) >= 11 is 0. The Morgan fingerprint density at radius 1 is 0.680 bits per heavy atom. The lowest BCUT2D eigenvalue weighted by atomic mass is 9.69. The van der Waals surface area contributed by atoms with Crippen LogP contribution in [0.1, 0.15) is 136 Å². The Labute approximate surface area is 294 Å². The predicted molar refractivity (Wildman–Crippen MR) is 199 cm³/mol. The summed E-state index contributed by atoms with van der Waals surface area (Å²) in [6, 6.07) is 4.37. The first-order chi connectivity index (χ1) is 24.0. The number of carbonyl (C=O) groups excluding carboxylic acids is 2. The first kappa shape index (κ1) is 34.0. The van der Waals surface area contributed by atoms with Gasteiger partial charge in [-0.3, -0.25) is 9.97 Å². The quantitative estimate of drug-likeness (QED) is 0.231. The molecule has 7 rings (SSSR count). The second kappa shape index (κ2) is 12.1. The van der Waals surface area contributed by atoms with Gasteiger partial charge in [-0.15, -0.1) is 0 Å². The molecule has 0 saturated carbocycles. The van der Waals surface area contributed by atoms with Crippen LogP contribution in [0.15, 0.2) is 23.3 Å². The zero-order valence-electron chi connectivity index (χ0n) is 31.2.